The average molecular weight is 648 g/mol. The van der Waals surface area contributed by atoms with Crippen LogP contribution in [0, 0.1) is 11.3 Å². The lowest BCUT2D eigenvalue weighted by atomic mass is 9.80. The van der Waals surface area contributed by atoms with Crippen molar-refractivity contribution in [3.63, 3.8) is 0 Å². The molecule has 51 heavy (non-hydrogen) atoms. The van der Waals surface area contributed by atoms with Gasteiger partial charge in [0, 0.05) is 5.41 Å². The third-order valence-electron chi connectivity index (χ3n) is 11.3. The van der Waals surface area contributed by atoms with Gasteiger partial charge in [-0.3, -0.25) is 0 Å². The molecule has 0 heterocycles. The SMILES string of the molecule is CC1(C)c2cc(-c3ccc(-c4ccc(C#N)cc4)cc3)ccc2-c2ccc(-c3cc4c5ccccc5c5ccccc5c4c4ccccc34)cc21. The second-order valence-electron chi connectivity index (χ2n) is 14.4. The molecular formula is C50H33N. The Labute approximate surface area is 297 Å². The Morgan fingerprint density at radius 3 is 1.37 bits per heavy atom. The molecule has 1 aliphatic carbocycles. The molecule has 9 aromatic rings. The molecule has 0 fully saturated rings. The van der Waals surface area contributed by atoms with Crippen molar-refractivity contribution in [2.24, 2.45) is 0 Å². The first-order valence-corrected chi connectivity index (χ1v) is 17.7. The molecule has 0 saturated carbocycles. The lowest BCUT2D eigenvalue weighted by Crippen LogP contribution is -2.15. The summed E-state index contributed by atoms with van der Waals surface area (Å²) >= 11 is 0. The normalized spacial score (nSPS) is 13.0. The van der Waals surface area contributed by atoms with Gasteiger partial charge in [0.2, 0.25) is 0 Å². The number of benzene rings is 9. The van der Waals surface area contributed by atoms with Gasteiger partial charge >= 0.3 is 0 Å². The predicted octanol–water partition coefficient (Wildman–Crippen LogP) is 13.5. The van der Waals surface area contributed by atoms with E-state index in [-0.39, 0.29) is 5.41 Å². The predicted molar refractivity (Wildman–Crippen MR) is 215 cm³/mol. The largest absolute Gasteiger partial charge is 0.192 e. The van der Waals surface area contributed by atoms with Crippen molar-refractivity contribution in [1.82, 2.24) is 0 Å². The second kappa shape index (κ2) is 11.0. The van der Waals surface area contributed by atoms with E-state index in [0.717, 1.165) is 11.1 Å². The van der Waals surface area contributed by atoms with Crippen molar-refractivity contribution in [2.45, 2.75) is 19.3 Å². The van der Waals surface area contributed by atoms with Crippen molar-refractivity contribution in [3.8, 4) is 50.6 Å². The van der Waals surface area contributed by atoms with Gasteiger partial charge in [-0.15, -0.1) is 0 Å². The third kappa shape index (κ3) is 4.40. The molecule has 9 aromatic carbocycles. The van der Waals surface area contributed by atoms with Crippen LogP contribution in [-0.2, 0) is 5.41 Å². The van der Waals surface area contributed by atoms with Crippen LogP contribution >= 0.6 is 0 Å². The number of hydrogen-bond donors (Lipinski definition) is 0. The number of nitrogens with zero attached hydrogens (tertiary/aromatic N) is 1. The van der Waals surface area contributed by atoms with Gasteiger partial charge < -0.3 is 0 Å². The molecule has 0 radical (unpaired) electrons. The fourth-order valence-corrected chi connectivity index (χ4v) is 8.68. The lowest BCUT2D eigenvalue weighted by molar-refractivity contribution is 0.661. The van der Waals surface area contributed by atoms with Gasteiger partial charge in [-0.05, 0) is 129 Å². The van der Waals surface area contributed by atoms with Gasteiger partial charge in [-0.25, -0.2) is 0 Å². The van der Waals surface area contributed by atoms with E-state index in [0.29, 0.717) is 5.56 Å². The highest BCUT2D eigenvalue weighted by Crippen LogP contribution is 2.51. The Kier molecular flexibility index (Phi) is 6.35. The van der Waals surface area contributed by atoms with Crippen LogP contribution in [0.25, 0.3) is 87.6 Å². The Balaban J connectivity index is 1.09. The monoisotopic (exact) mass is 647 g/mol. The molecule has 0 amide bonds. The highest BCUT2D eigenvalue weighted by atomic mass is 14.4. The van der Waals surface area contributed by atoms with E-state index < -0.39 is 0 Å². The molecule has 0 saturated heterocycles. The maximum atomic E-state index is 9.17. The minimum atomic E-state index is -0.158. The first kappa shape index (κ1) is 29.4. The van der Waals surface area contributed by atoms with Crippen LogP contribution in [0.2, 0.25) is 0 Å². The average Bonchev–Trinajstić information content (AvgIpc) is 3.42. The van der Waals surface area contributed by atoms with Gasteiger partial charge in [0.15, 0.2) is 0 Å². The molecule has 0 atom stereocenters. The number of rotatable bonds is 3. The van der Waals surface area contributed by atoms with E-state index in [1.807, 2.05) is 24.3 Å². The summed E-state index contributed by atoms with van der Waals surface area (Å²) in [5.74, 6) is 0. The van der Waals surface area contributed by atoms with E-state index in [1.165, 1.54) is 87.6 Å². The van der Waals surface area contributed by atoms with E-state index in [9.17, 15) is 5.26 Å². The van der Waals surface area contributed by atoms with Crippen LogP contribution in [0.15, 0.2) is 164 Å². The Hall–Kier alpha value is -6.49. The van der Waals surface area contributed by atoms with Crippen molar-refractivity contribution in [2.75, 3.05) is 0 Å². The summed E-state index contributed by atoms with van der Waals surface area (Å²) in [6.45, 7) is 4.74. The summed E-state index contributed by atoms with van der Waals surface area (Å²) < 4.78 is 0. The highest BCUT2D eigenvalue weighted by Gasteiger charge is 2.36. The van der Waals surface area contributed by atoms with Gasteiger partial charge in [-0.2, -0.15) is 5.26 Å². The summed E-state index contributed by atoms with van der Waals surface area (Å²) in [7, 11) is 0. The molecule has 0 bridgehead atoms. The first-order chi connectivity index (χ1) is 25.0. The highest BCUT2D eigenvalue weighted by molar-refractivity contribution is 6.33. The van der Waals surface area contributed by atoms with Crippen LogP contribution in [0.3, 0.4) is 0 Å². The van der Waals surface area contributed by atoms with Gasteiger partial charge in [0.25, 0.3) is 0 Å². The van der Waals surface area contributed by atoms with Crippen LogP contribution in [0.4, 0.5) is 0 Å². The van der Waals surface area contributed by atoms with Gasteiger partial charge in [0.05, 0.1) is 11.6 Å². The molecule has 0 unspecified atom stereocenters. The minimum Gasteiger partial charge on any atom is -0.192 e. The maximum absolute atomic E-state index is 9.17. The number of hydrogen-bond acceptors (Lipinski definition) is 1. The first-order valence-electron chi connectivity index (χ1n) is 17.7. The van der Waals surface area contributed by atoms with Crippen LogP contribution in [0.5, 0.6) is 0 Å². The fraction of sp³-hybridized carbons (Fsp3) is 0.0600. The Morgan fingerprint density at radius 1 is 0.373 bits per heavy atom. The molecule has 0 N–H and O–H groups in total. The molecule has 10 rings (SSSR count). The molecule has 238 valence electrons. The standard InChI is InChI=1S/C50H33N/c1-50(2)47-27-35(34-21-19-33(20-22-34)32-17-15-31(30-51)16-18-32)23-25-41(47)42-26-24-36(28-48(42)50)45-29-46-39-11-4-3-9-37(39)38-10-5-7-13-43(38)49(46)44-14-8-6-12-40(44)45/h3-29H,1-2H3. The van der Waals surface area contributed by atoms with Crippen LogP contribution in [0.1, 0.15) is 30.5 Å². The molecular weight excluding hydrogens is 615 g/mol. The zero-order valence-corrected chi connectivity index (χ0v) is 28.5. The summed E-state index contributed by atoms with van der Waals surface area (Å²) in [4.78, 5) is 0. The van der Waals surface area contributed by atoms with Crippen molar-refractivity contribution in [3.05, 3.63) is 180 Å². The zero-order chi connectivity index (χ0) is 34.3. The Morgan fingerprint density at radius 2 is 0.784 bits per heavy atom. The van der Waals surface area contributed by atoms with Crippen molar-refractivity contribution in [1.29, 1.82) is 5.26 Å². The number of nitriles is 1. The molecule has 0 aliphatic heterocycles. The quantitative estimate of drug-likeness (QED) is 0.175. The fourth-order valence-electron chi connectivity index (χ4n) is 8.68. The summed E-state index contributed by atoms with van der Waals surface area (Å²) in [5, 5.41) is 19.6. The zero-order valence-electron chi connectivity index (χ0n) is 28.5. The summed E-state index contributed by atoms with van der Waals surface area (Å²) in [6.07, 6.45) is 0. The summed E-state index contributed by atoms with van der Waals surface area (Å²) in [5.41, 5.74) is 13.1. The van der Waals surface area contributed by atoms with E-state index in [2.05, 4.69) is 159 Å². The van der Waals surface area contributed by atoms with Gasteiger partial charge in [0.1, 0.15) is 0 Å². The Bertz CT molecular complexity index is 2920. The topological polar surface area (TPSA) is 23.8 Å². The van der Waals surface area contributed by atoms with Crippen LogP contribution in [-0.4, -0.2) is 0 Å². The molecule has 1 heteroatoms. The van der Waals surface area contributed by atoms with Crippen molar-refractivity contribution >= 4 is 43.1 Å². The van der Waals surface area contributed by atoms with E-state index in [1.54, 1.807) is 0 Å². The van der Waals surface area contributed by atoms with E-state index >= 15 is 0 Å². The molecule has 1 nitrogen and oxygen atoms in total. The summed E-state index contributed by atoms with van der Waals surface area (Å²) in [6, 6.07) is 62.0. The number of fused-ring (bicyclic) bond motifs is 11. The molecule has 0 spiro atoms. The third-order valence-corrected chi connectivity index (χ3v) is 11.3. The van der Waals surface area contributed by atoms with E-state index in [4.69, 9.17) is 0 Å². The molecule has 1 aliphatic rings. The second-order valence-corrected chi connectivity index (χ2v) is 14.4. The van der Waals surface area contributed by atoms with Gasteiger partial charge in [-0.1, -0.05) is 147 Å². The smallest absolute Gasteiger partial charge is 0.0991 e. The maximum Gasteiger partial charge on any atom is 0.0991 e. The lowest BCUT2D eigenvalue weighted by Gasteiger charge is -2.23. The molecule has 0 aromatic heterocycles. The minimum absolute atomic E-state index is 0.158. The van der Waals surface area contributed by atoms with Crippen molar-refractivity contribution < 1.29 is 0 Å². The van der Waals surface area contributed by atoms with Crippen LogP contribution < -0.4 is 0 Å².